The molecule has 0 spiro atoms. The Morgan fingerprint density at radius 3 is 2.18 bits per heavy atom. The molecular formula is C17H18ClNO2S. The standard InChI is InChI=1S/C17H18ClNO2S/c1-11-2-4-12(5-3-11)16-15(10-19)17(16)22(20,21)14-8-6-13(18)7-9-14/h2-9,15-17H,10,19H2,1H3/t15-,16-,17-/m0/s1. The Kier molecular flexibility index (Phi) is 4.02. The molecular weight excluding hydrogens is 318 g/mol. The quantitative estimate of drug-likeness (QED) is 0.933. The molecule has 0 aliphatic heterocycles. The number of rotatable bonds is 4. The van der Waals surface area contributed by atoms with E-state index in [-0.39, 0.29) is 11.8 Å². The average Bonchev–Trinajstić information content (AvgIpc) is 3.24. The van der Waals surface area contributed by atoms with Crippen LogP contribution < -0.4 is 5.73 Å². The maximum atomic E-state index is 12.8. The van der Waals surface area contributed by atoms with Gasteiger partial charge in [0.15, 0.2) is 9.84 Å². The van der Waals surface area contributed by atoms with E-state index in [0.29, 0.717) is 16.5 Å². The van der Waals surface area contributed by atoms with Crippen LogP contribution >= 0.6 is 11.6 Å². The van der Waals surface area contributed by atoms with Gasteiger partial charge < -0.3 is 5.73 Å². The molecule has 0 bridgehead atoms. The van der Waals surface area contributed by atoms with E-state index in [9.17, 15) is 8.42 Å². The number of nitrogens with two attached hydrogens (primary N) is 1. The monoisotopic (exact) mass is 335 g/mol. The lowest BCUT2D eigenvalue weighted by Gasteiger charge is -2.05. The lowest BCUT2D eigenvalue weighted by molar-refractivity contribution is 0.591. The summed E-state index contributed by atoms with van der Waals surface area (Å²) in [5.74, 6) is -0.0466. The van der Waals surface area contributed by atoms with Gasteiger partial charge in [-0.3, -0.25) is 0 Å². The smallest absolute Gasteiger partial charge is 0.182 e. The molecule has 3 rings (SSSR count). The SMILES string of the molecule is Cc1ccc([C@H]2[C@H](CN)[C@@H]2S(=O)(=O)c2ccc(Cl)cc2)cc1. The van der Waals surface area contributed by atoms with Crippen LogP contribution in [0.4, 0.5) is 0 Å². The van der Waals surface area contributed by atoms with E-state index in [1.54, 1.807) is 24.3 Å². The van der Waals surface area contributed by atoms with Gasteiger partial charge in [-0.15, -0.1) is 0 Å². The Bertz CT molecular complexity index is 769. The molecule has 2 N–H and O–H groups in total. The van der Waals surface area contributed by atoms with Crippen molar-refractivity contribution in [2.45, 2.75) is 23.0 Å². The van der Waals surface area contributed by atoms with Gasteiger partial charge in [-0.25, -0.2) is 8.42 Å². The normalized spacial score (nSPS) is 24.2. The van der Waals surface area contributed by atoms with Crippen molar-refractivity contribution in [3.8, 4) is 0 Å². The van der Waals surface area contributed by atoms with Gasteiger partial charge >= 0.3 is 0 Å². The van der Waals surface area contributed by atoms with Crippen LogP contribution in [0.3, 0.4) is 0 Å². The maximum absolute atomic E-state index is 12.8. The Hall–Kier alpha value is -1.36. The van der Waals surface area contributed by atoms with Crippen LogP contribution in [0.5, 0.6) is 0 Å². The summed E-state index contributed by atoms with van der Waals surface area (Å²) in [5.41, 5.74) is 8.00. The van der Waals surface area contributed by atoms with Crippen molar-refractivity contribution in [3.63, 3.8) is 0 Å². The van der Waals surface area contributed by atoms with Gasteiger partial charge in [0.2, 0.25) is 0 Å². The van der Waals surface area contributed by atoms with Crippen molar-refractivity contribution in [3.05, 3.63) is 64.7 Å². The molecule has 2 aromatic carbocycles. The molecule has 3 nitrogen and oxygen atoms in total. The minimum atomic E-state index is -3.39. The highest BCUT2D eigenvalue weighted by Crippen LogP contribution is 2.53. The Labute approximate surface area is 136 Å². The molecule has 22 heavy (non-hydrogen) atoms. The summed E-state index contributed by atoms with van der Waals surface area (Å²) in [5, 5.41) is 0.0848. The number of benzene rings is 2. The third-order valence-corrected chi connectivity index (χ3v) is 6.87. The number of hydrogen-bond acceptors (Lipinski definition) is 3. The molecule has 5 heteroatoms. The first-order valence-corrected chi connectivity index (χ1v) is 9.13. The van der Waals surface area contributed by atoms with Crippen LogP contribution in [0.2, 0.25) is 5.02 Å². The number of halogens is 1. The Morgan fingerprint density at radius 2 is 1.64 bits per heavy atom. The van der Waals surface area contributed by atoms with Gasteiger partial charge in [-0.2, -0.15) is 0 Å². The van der Waals surface area contributed by atoms with Gasteiger partial charge in [0.25, 0.3) is 0 Å². The first-order chi connectivity index (χ1) is 10.4. The second kappa shape index (κ2) is 5.69. The molecule has 0 unspecified atom stereocenters. The third-order valence-electron chi connectivity index (χ3n) is 4.33. The Morgan fingerprint density at radius 1 is 1.05 bits per heavy atom. The molecule has 1 fully saturated rings. The predicted molar refractivity (Wildman–Crippen MR) is 88.9 cm³/mol. The fourth-order valence-electron chi connectivity index (χ4n) is 3.05. The second-order valence-corrected chi connectivity index (χ2v) is 8.34. The summed E-state index contributed by atoms with van der Waals surface area (Å²) < 4.78 is 25.7. The predicted octanol–water partition coefficient (Wildman–Crippen LogP) is 3.16. The van der Waals surface area contributed by atoms with Crippen molar-refractivity contribution >= 4 is 21.4 Å². The largest absolute Gasteiger partial charge is 0.330 e. The number of sulfone groups is 1. The highest BCUT2D eigenvalue weighted by atomic mass is 35.5. The zero-order valence-corrected chi connectivity index (χ0v) is 13.8. The molecule has 0 amide bonds. The molecule has 3 atom stereocenters. The summed E-state index contributed by atoms with van der Waals surface area (Å²) in [7, 11) is -3.39. The molecule has 2 aromatic rings. The maximum Gasteiger partial charge on any atom is 0.182 e. The van der Waals surface area contributed by atoms with E-state index in [1.165, 1.54) is 0 Å². The Balaban J connectivity index is 1.93. The van der Waals surface area contributed by atoms with Gasteiger partial charge in [-0.1, -0.05) is 41.4 Å². The molecule has 1 aliphatic carbocycles. The van der Waals surface area contributed by atoms with E-state index < -0.39 is 15.1 Å². The van der Waals surface area contributed by atoms with Crippen LogP contribution in [-0.4, -0.2) is 20.2 Å². The molecule has 0 saturated heterocycles. The van der Waals surface area contributed by atoms with Crippen LogP contribution in [0.1, 0.15) is 17.0 Å². The first-order valence-electron chi connectivity index (χ1n) is 7.21. The van der Waals surface area contributed by atoms with Gasteiger partial charge in [0, 0.05) is 10.9 Å². The summed E-state index contributed by atoms with van der Waals surface area (Å²) in [6, 6.07) is 14.4. The van der Waals surface area contributed by atoms with Crippen LogP contribution in [-0.2, 0) is 9.84 Å². The molecule has 1 aliphatic rings. The van der Waals surface area contributed by atoms with Crippen molar-refractivity contribution in [1.82, 2.24) is 0 Å². The second-order valence-electron chi connectivity index (χ2n) is 5.80. The third kappa shape index (κ3) is 2.67. The lowest BCUT2D eigenvalue weighted by atomic mass is 10.1. The lowest BCUT2D eigenvalue weighted by Crippen LogP contribution is -2.13. The van der Waals surface area contributed by atoms with Crippen molar-refractivity contribution in [2.24, 2.45) is 11.7 Å². The van der Waals surface area contributed by atoms with E-state index in [4.69, 9.17) is 17.3 Å². The van der Waals surface area contributed by atoms with Gasteiger partial charge in [0.05, 0.1) is 10.1 Å². The van der Waals surface area contributed by atoms with Crippen LogP contribution in [0, 0.1) is 12.8 Å². The minimum absolute atomic E-state index is 0.0220. The topological polar surface area (TPSA) is 60.2 Å². The highest BCUT2D eigenvalue weighted by Gasteiger charge is 2.57. The summed E-state index contributed by atoms with van der Waals surface area (Å²) in [6.07, 6.45) is 0. The molecule has 0 radical (unpaired) electrons. The summed E-state index contributed by atoms with van der Waals surface area (Å²) in [4.78, 5) is 0.315. The highest BCUT2D eigenvalue weighted by molar-refractivity contribution is 7.92. The van der Waals surface area contributed by atoms with E-state index in [1.807, 2.05) is 31.2 Å². The summed E-state index contributed by atoms with van der Waals surface area (Å²) >= 11 is 5.84. The molecule has 1 saturated carbocycles. The van der Waals surface area contributed by atoms with E-state index >= 15 is 0 Å². The van der Waals surface area contributed by atoms with Gasteiger partial charge in [-0.05, 0) is 49.2 Å². The number of hydrogen-bond donors (Lipinski definition) is 1. The number of aryl methyl sites for hydroxylation is 1. The fraction of sp³-hybridized carbons (Fsp3) is 0.294. The fourth-order valence-corrected chi connectivity index (χ4v) is 5.40. The first kappa shape index (κ1) is 15.5. The van der Waals surface area contributed by atoms with Gasteiger partial charge in [0.1, 0.15) is 0 Å². The zero-order chi connectivity index (χ0) is 15.9. The van der Waals surface area contributed by atoms with E-state index in [0.717, 1.165) is 11.1 Å². The van der Waals surface area contributed by atoms with Crippen molar-refractivity contribution in [1.29, 1.82) is 0 Å². The van der Waals surface area contributed by atoms with Crippen molar-refractivity contribution < 1.29 is 8.42 Å². The van der Waals surface area contributed by atoms with E-state index in [2.05, 4.69) is 0 Å². The van der Waals surface area contributed by atoms with Crippen LogP contribution in [0.25, 0.3) is 0 Å². The van der Waals surface area contributed by atoms with Crippen LogP contribution in [0.15, 0.2) is 53.4 Å². The minimum Gasteiger partial charge on any atom is -0.330 e. The van der Waals surface area contributed by atoms with Crippen molar-refractivity contribution in [2.75, 3.05) is 6.54 Å². The zero-order valence-electron chi connectivity index (χ0n) is 12.2. The summed E-state index contributed by atoms with van der Waals surface area (Å²) in [6.45, 7) is 2.38. The molecule has 0 aromatic heterocycles. The average molecular weight is 336 g/mol. The molecule has 116 valence electrons. The molecule has 0 heterocycles.